The number of nitrogens with one attached hydrogen (secondary N) is 1. The van der Waals surface area contributed by atoms with Gasteiger partial charge < -0.3 is 14.8 Å². The van der Waals surface area contributed by atoms with Gasteiger partial charge in [0.2, 0.25) is 0 Å². The van der Waals surface area contributed by atoms with Crippen LogP contribution in [-0.2, 0) is 10.5 Å². The molecule has 1 fully saturated rings. The lowest BCUT2D eigenvalue weighted by Crippen LogP contribution is -2.20. The third-order valence-corrected chi connectivity index (χ3v) is 6.84. The monoisotopic (exact) mass is 447 g/mol. The van der Waals surface area contributed by atoms with Gasteiger partial charge >= 0.3 is 5.97 Å². The van der Waals surface area contributed by atoms with Crippen molar-refractivity contribution in [3.8, 4) is 5.75 Å². The van der Waals surface area contributed by atoms with Crippen molar-refractivity contribution >= 4 is 35.3 Å². The first kappa shape index (κ1) is 22.7. The maximum absolute atomic E-state index is 12.6. The predicted molar refractivity (Wildman–Crippen MR) is 123 cm³/mol. The van der Waals surface area contributed by atoms with E-state index in [0.29, 0.717) is 33.2 Å². The molecule has 6 nitrogen and oxygen atoms in total. The molecule has 30 heavy (non-hydrogen) atoms. The van der Waals surface area contributed by atoms with Gasteiger partial charge in [0.1, 0.15) is 22.2 Å². The number of esters is 1. The molecule has 0 bridgehead atoms. The molecular formula is C22H29N3O3S2. The third-order valence-electron chi connectivity index (χ3n) is 5.24. The number of rotatable bonds is 9. The second kappa shape index (κ2) is 11.5. The highest BCUT2D eigenvalue weighted by Gasteiger charge is 2.23. The molecule has 0 unspecified atom stereocenters. The van der Waals surface area contributed by atoms with Gasteiger partial charge in [-0.3, -0.25) is 0 Å². The summed E-state index contributed by atoms with van der Waals surface area (Å²) < 4.78 is 10.3. The fraction of sp³-hybridized carbons (Fsp3) is 0.500. The average Bonchev–Trinajstić information content (AvgIpc) is 2.81. The van der Waals surface area contributed by atoms with Crippen LogP contribution >= 0.6 is 23.5 Å². The molecule has 0 radical (unpaired) electrons. The van der Waals surface area contributed by atoms with E-state index in [1.165, 1.54) is 62.7 Å². The minimum Gasteiger partial charge on any atom is -0.497 e. The van der Waals surface area contributed by atoms with Crippen molar-refractivity contribution < 1.29 is 14.3 Å². The smallest absolute Gasteiger partial charge is 0.344 e. The molecule has 8 heteroatoms. The number of anilines is 1. The van der Waals surface area contributed by atoms with Crippen LogP contribution in [0.25, 0.3) is 0 Å². The number of benzene rings is 1. The van der Waals surface area contributed by atoms with E-state index < -0.39 is 5.97 Å². The van der Waals surface area contributed by atoms with Crippen LogP contribution in [0, 0.1) is 5.92 Å². The van der Waals surface area contributed by atoms with Crippen LogP contribution in [0.3, 0.4) is 0 Å². The molecule has 2 aromatic rings. The topological polar surface area (TPSA) is 73.3 Å². The fourth-order valence-corrected chi connectivity index (χ4v) is 4.93. The van der Waals surface area contributed by atoms with Crippen molar-refractivity contribution in [3.05, 3.63) is 35.4 Å². The predicted octanol–water partition coefficient (Wildman–Crippen LogP) is 5.28. The SMILES string of the molecule is COC(=O)c1c(NCC2CCCCC2)nc(SC)nc1SCc1ccc(OC)cc1. The second-order valence-corrected chi connectivity index (χ2v) is 8.99. The van der Waals surface area contributed by atoms with Gasteiger partial charge in [-0.2, -0.15) is 0 Å². The van der Waals surface area contributed by atoms with Gasteiger partial charge in [0.25, 0.3) is 0 Å². The molecule has 0 aliphatic heterocycles. The summed E-state index contributed by atoms with van der Waals surface area (Å²) in [6.45, 7) is 0.817. The Morgan fingerprint density at radius 2 is 1.87 bits per heavy atom. The van der Waals surface area contributed by atoms with Crippen LogP contribution in [0.5, 0.6) is 5.75 Å². The largest absolute Gasteiger partial charge is 0.497 e. The van der Waals surface area contributed by atoms with Crippen molar-refractivity contribution in [2.75, 3.05) is 32.3 Å². The van der Waals surface area contributed by atoms with Crippen LogP contribution < -0.4 is 10.1 Å². The molecule has 1 aromatic carbocycles. The van der Waals surface area contributed by atoms with Gasteiger partial charge in [0.15, 0.2) is 5.16 Å². The molecule has 1 aliphatic rings. The van der Waals surface area contributed by atoms with Gasteiger partial charge in [0, 0.05) is 12.3 Å². The van der Waals surface area contributed by atoms with Crippen molar-refractivity contribution in [2.24, 2.45) is 5.92 Å². The quantitative estimate of drug-likeness (QED) is 0.241. The lowest BCUT2D eigenvalue weighted by atomic mass is 9.89. The summed E-state index contributed by atoms with van der Waals surface area (Å²) >= 11 is 2.99. The lowest BCUT2D eigenvalue weighted by Gasteiger charge is -2.23. The lowest BCUT2D eigenvalue weighted by molar-refractivity contribution is 0.0596. The van der Waals surface area contributed by atoms with Gasteiger partial charge in [-0.15, -0.1) is 11.8 Å². The number of thioether (sulfide) groups is 2. The number of aromatic nitrogens is 2. The summed E-state index contributed by atoms with van der Waals surface area (Å²) in [4.78, 5) is 21.8. The summed E-state index contributed by atoms with van der Waals surface area (Å²) in [5, 5.41) is 4.72. The summed E-state index contributed by atoms with van der Waals surface area (Å²) in [6, 6.07) is 7.90. The molecule has 1 aromatic heterocycles. The number of hydrogen-bond acceptors (Lipinski definition) is 8. The summed E-state index contributed by atoms with van der Waals surface area (Å²) in [5.41, 5.74) is 1.54. The van der Waals surface area contributed by atoms with E-state index in [2.05, 4.69) is 15.3 Å². The van der Waals surface area contributed by atoms with E-state index in [-0.39, 0.29) is 0 Å². The molecule has 0 atom stereocenters. The molecule has 1 heterocycles. The van der Waals surface area contributed by atoms with Gasteiger partial charge in [-0.25, -0.2) is 14.8 Å². The van der Waals surface area contributed by atoms with E-state index >= 15 is 0 Å². The van der Waals surface area contributed by atoms with E-state index in [9.17, 15) is 4.79 Å². The zero-order chi connectivity index (χ0) is 21.3. The maximum atomic E-state index is 12.6. The molecule has 0 saturated heterocycles. The Kier molecular flexibility index (Phi) is 8.69. The maximum Gasteiger partial charge on any atom is 0.344 e. The molecular weight excluding hydrogens is 418 g/mol. The van der Waals surface area contributed by atoms with Crippen LogP contribution in [0.1, 0.15) is 48.0 Å². The summed E-state index contributed by atoms with van der Waals surface area (Å²) in [5.74, 6) is 2.28. The normalized spacial score (nSPS) is 14.4. The van der Waals surface area contributed by atoms with E-state index in [1.807, 2.05) is 30.5 Å². The molecule has 1 N–H and O–H groups in total. The minimum absolute atomic E-state index is 0.411. The minimum atomic E-state index is -0.411. The molecule has 0 spiro atoms. The van der Waals surface area contributed by atoms with Crippen LogP contribution in [0.15, 0.2) is 34.4 Å². The highest BCUT2D eigenvalue weighted by atomic mass is 32.2. The van der Waals surface area contributed by atoms with E-state index in [4.69, 9.17) is 9.47 Å². The number of carbonyl (C=O) groups excluding carboxylic acids is 1. The standard InChI is InChI=1S/C22H29N3O3S2/c1-27-17-11-9-16(10-12-17)14-30-20-18(21(26)28-2)19(24-22(25-20)29-3)23-13-15-7-5-4-6-8-15/h9-12,15H,4-8,13-14H2,1-3H3,(H,23,24,25). The third kappa shape index (κ3) is 6.04. The Morgan fingerprint density at radius 1 is 1.13 bits per heavy atom. The van der Waals surface area contributed by atoms with Crippen molar-refractivity contribution in [1.82, 2.24) is 9.97 Å². The Hall–Kier alpha value is -1.93. The van der Waals surface area contributed by atoms with Crippen molar-refractivity contribution in [1.29, 1.82) is 0 Å². The Morgan fingerprint density at radius 3 is 2.50 bits per heavy atom. The Labute approximate surface area is 186 Å². The van der Waals surface area contributed by atoms with Crippen LogP contribution in [0.2, 0.25) is 0 Å². The number of methoxy groups -OCH3 is 2. The van der Waals surface area contributed by atoms with E-state index in [1.54, 1.807) is 7.11 Å². The second-order valence-electron chi connectivity index (χ2n) is 7.25. The number of carbonyl (C=O) groups is 1. The average molecular weight is 448 g/mol. The number of nitrogens with zero attached hydrogens (tertiary/aromatic N) is 2. The summed E-state index contributed by atoms with van der Waals surface area (Å²) in [6.07, 6.45) is 8.26. The van der Waals surface area contributed by atoms with Crippen molar-refractivity contribution in [3.63, 3.8) is 0 Å². The first-order valence-electron chi connectivity index (χ1n) is 10.2. The van der Waals surface area contributed by atoms with Crippen molar-refractivity contribution in [2.45, 2.75) is 48.0 Å². The zero-order valence-electron chi connectivity index (χ0n) is 17.8. The van der Waals surface area contributed by atoms with Gasteiger partial charge in [-0.05, 0) is 42.7 Å². The number of hydrogen-bond donors (Lipinski definition) is 1. The highest BCUT2D eigenvalue weighted by molar-refractivity contribution is 7.99. The van der Waals surface area contributed by atoms with Gasteiger partial charge in [0.05, 0.1) is 14.2 Å². The number of ether oxygens (including phenoxy) is 2. The highest BCUT2D eigenvalue weighted by Crippen LogP contribution is 2.32. The molecule has 3 rings (SSSR count). The molecule has 162 valence electrons. The fourth-order valence-electron chi connectivity index (χ4n) is 3.54. The molecule has 0 amide bonds. The Bertz CT molecular complexity index is 840. The van der Waals surface area contributed by atoms with Crippen LogP contribution in [-0.4, -0.2) is 43.0 Å². The summed E-state index contributed by atoms with van der Waals surface area (Å²) in [7, 11) is 3.05. The zero-order valence-corrected chi connectivity index (χ0v) is 19.4. The van der Waals surface area contributed by atoms with Crippen LogP contribution in [0.4, 0.5) is 5.82 Å². The molecule has 1 saturated carbocycles. The van der Waals surface area contributed by atoms with Gasteiger partial charge in [-0.1, -0.05) is 43.2 Å². The first-order chi connectivity index (χ1) is 14.6. The molecule has 1 aliphatic carbocycles. The Balaban J connectivity index is 1.82. The van der Waals surface area contributed by atoms with E-state index in [0.717, 1.165) is 17.9 Å². The first-order valence-corrected chi connectivity index (χ1v) is 12.4.